The third-order valence-electron chi connectivity index (χ3n) is 4.86. The lowest BCUT2D eigenvalue weighted by molar-refractivity contribution is 0.102. The summed E-state index contributed by atoms with van der Waals surface area (Å²) in [6.07, 6.45) is 6.99. The number of amides is 1. The van der Waals surface area contributed by atoms with E-state index in [1.165, 1.54) is 11.3 Å². The van der Waals surface area contributed by atoms with Crippen LogP contribution in [-0.2, 0) is 0 Å². The van der Waals surface area contributed by atoms with Crippen molar-refractivity contribution in [3.8, 4) is 5.75 Å². The summed E-state index contributed by atoms with van der Waals surface area (Å²) >= 11 is 1.29. The zero-order chi connectivity index (χ0) is 19.7. The van der Waals surface area contributed by atoms with Gasteiger partial charge in [0, 0.05) is 31.5 Å². The number of piperidine rings is 1. The Balaban J connectivity index is 1.67. The number of hydrogen-bond donors (Lipinski definition) is 3. The molecule has 3 aromatic rings. The summed E-state index contributed by atoms with van der Waals surface area (Å²) in [5.41, 5.74) is 14.7. The van der Waals surface area contributed by atoms with Gasteiger partial charge in [-0.1, -0.05) is 0 Å². The van der Waals surface area contributed by atoms with E-state index in [9.17, 15) is 4.79 Å². The number of hydrogen-bond acceptors (Lipinski definition) is 8. The van der Waals surface area contributed by atoms with E-state index in [1.807, 2.05) is 6.07 Å². The van der Waals surface area contributed by atoms with Crippen LogP contribution in [0.2, 0.25) is 0 Å². The minimum absolute atomic E-state index is 0.124. The van der Waals surface area contributed by atoms with Crippen LogP contribution in [0.25, 0.3) is 10.2 Å². The third-order valence-corrected chi connectivity index (χ3v) is 5.88. The second-order valence-corrected chi connectivity index (χ2v) is 7.78. The number of nitrogen functional groups attached to an aromatic ring is 1. The standard InChI is InChI=1S/C19H22N6O2S/c1-27-14-5-7-23-16-15(18(21)28-17(14)16)19(26)24-12-9-22-6-4-13(12)25-8-2-3-11(20)10-25/h4-7,9,11H,2-3,8,10,20-21H2,1H3,(H,24,26)/t11-/m1/s1. The predicted octanol–water partition coefficient (Wildman–Crippen LogP) is 2.46. The molecular formula is C19H22N6O2S. The molecule has 0 unspecified atom stereocenters. The topological polar surface area (TPSA) is 119 Å². The Morgan fingerprint density at radius 1 is 1.39 bits per heavy atom. The first-order valence-electron chi connectivity index (χ1n) is 9.05. The Morgan fingerprint density at radius 2 is 2.25 bits per heavy atom. The first-order valence-corrected chi connectivity index (χ1v) is 9.87. The van der Waals surface area contributed by atoms with Crippen molar-refractivity contribution in [1.29, 1.82) is 0 Å². The molecule has 8 nitrogen and oxygen atoms in total. The van der Waals surface area contributed by atoms with Gasteiger partial charge in [-0.3, -0.25) is 14.8 Å². The SMILES string of the molecule is COc1ccnc2c(C(=O)Nc3cnccc3N3CCC[C@@H](N)C3)c(N)sc12. The molecule has 1 fully saturated rings. The molecule has 0 aromatic carbocycles. The molecule has 1 atom stereocenters. The maximum Gasteiger partial charge on any atom is 0.260 e. The van der Waals surface area contributed by atoms with Gasteiger partial charge in [0.2, 0.25) is 0 Å². The quantitative estimate of drug-likeness (QED) is 0.617. The van der Waals surface area contributed by atoms with E-state index >= 15 is 0 Å². The molecule has 1 aliphatic rings. The zero-order valence-electron chi connectivity index (χ0n) is 15.5. The third kappa shape index (κ3) is 3.34. The fourth-order valence-corrected chi connectivity index (χ4v) is 4.55. The summed E-state index contributed by atoms with van der Waals surface area (Å²) in [5, 5.41) is 3.36. The van der Waals surface area contributed by atoms with Gasteiger partial charge in [0.1, 0.15) is 16.3 Å². The van der Waals surface area contributed by atoms with Gasteiger partial charge in [-0.05, 0) is 25.0 Å². The number of pyridine rings is 2. The number of aromatic nitrogens is 2. The summed E-state index contributed by atoms with van der Waals surface area (Å²) in [7, 11) is 1.58. The van der Waals surface area contributed by atoms with Gasteiger partial charge in [0.15, 0.2) is 0 Å². The molecule has 4 rings (SSSR count). The predicted molar refractivity (Wildman–Crippen MR) is 112 cm³/mol. The minimum atomic E-state index is -0.319. The summed E-state index contributed by atoms with van der Waals surface area (Å²) < 4.78 is 6.11. The molecule has 4 heterocycles. The van der Waals surface area contributed by atoms with Crippen molar-refractivity contribution in [1.82, 2.24) is 9.97 Å². The van der Waals surface area contributed by atoms with Gasteiger partial charge in [-0.15, -0.1) is 11.3 Å². The maximum atomic E-state index is 13.1. The normalized spacial score (nSPS) is 16.9. The molecule has 0 saturated carbocycles. The van der Waals surface area contributed by atoms with Crippen LogP contribution in [0, 0.1) is 0 Å². The number of thiophene rings is 1. The smallest absolute Gasteiger partial charge is 0.260 e. The van der Waals surface area contributed by atoms with Crippen LogP contribution in [0.5, 0.6) is 5.75 Å². The van der Waals surface area contributed by atoms with Crippen molar-refractivity contribution in [2.75, 3.05) is 36.1 Å². The molecule has 28 heavy (non-hydrogen) atoms. The van der Waals surface area contributed by atoms with E-state index in [0.717, 1.165) is 36.3 Å². The maximum absolute atomic E-state index is 13.1. The van der Waals surface area contributed by atoms with Crippen LogP contribution in [0.3, 0.4) is 0 Å². The van der Waals surface area contributed by atoms with Gasteiger partial charge < -0.3 is 26.4 Å². The number of rotatable bonds is 4. The average Bonchev–Trinajstić information content (AvgIpc) is 3.04. The van der Waals surface area contributed by atoms with Gasteiger partial charge in [0.05, 0.1) is 34.9 Å². The fraction of sp³-hybridized carbons (Fsp3) is 0.316. The van der Waals surface area contributed by atoms with Crippen molar-refractivity contribution in [2.24, 2.45) is 5.73 Å². The minimum Gasteiger partial charge on any atom is -0.495 e. The molecule has 5 N–H and O–H groups in total. The molecule has 1 amide bonds. The van der Waals surface area contributed by atoms with Gasteiger partial charge in [0.25, 0.3) is 5.91 Å². The number of carbonyl (C=O) groups excluding carboxylic acids is 1. The Kier molecular flexibility index (Phi) is 5.01. The molecule has 1 saturated heterocycles. The van der Waals surface area contributed by atoms with Crippen LogP contribution >= 0.6 is 11.3 Å². The number of fused-ring (bicyclic) bond motifs is 1. The molecular weight excluding hydrogens is 376 g/mol. The van der Waals surface area contributed by atoms with Crippen molar-refractivity contribution >= 4 is 43.8 Å². The molecule has 0 spiro atoms. The number of methoxy groups -OCH3 is 1. The number of ether oxygens (including phenoxy) is 1. The van der Waals surface area contributed by atoms with Gasteiger partial charge in [-0.25, -0.2) is 0 Å². The van der Waals surface area contributed by atoms with E-state index in [1.54, 1.807) is 31.8 Å². The number of carbonyl (C=O) groups is 1. The molecule has 146 valence electrons. The molecule has 1 aliphatic heterocycles. The van der Waals surface area contributed by atoms with E-state index in [2.05, 4.69) is 20.2 Å². The summed E-state index contributed by atoms with van der Waals surface area (Å²) in [6.45, 7) is 1.64. The monoisotopic (exact) mass is 398 g/mol. The van der Waals surface area contributed by atoms with E-state index in [4.69, 9.17) is 16.2 Å². The number of anilines is 3. The number of nitrogens with two attached hydrogens (primary N) is 2. The highest BCUT2D eigenvalue weighted by Gasteiger charge is 2.24. The number of nitrogens with one attached hydrogen (secondary N) is 1. The van der Waals surface area contributed by atoms with Gasteiger partial charge >= 0.3 is 0 Å². The van der Waals surface area contributed by atoms with E-state index < -0.39 is 0 Å². The zero-order valence-corrected chi connectivity index (χ0v) is 16.3. The van der Waals surface area contributed by atoms with Crippen LogP contribution in [-0.4, -0.2) is 42.1 Å². The molecule has 9 heteroatoms. The van der Waals surface area contributed by atoms with E-state index in [-0.39, 0.29) is 11.9 Å². The highest BCUT2D eigenvalue weighted by atomic mass is 32.1. The Hall–Kier alpha value is -2.91. The summed E-state index contributed by atoms with van der Waals surface area (Å²) in [5.74, 6) is 0.324. The van der Waals surface area contributed by atoms with Crippen molar-refractivity contribution < 1.29 is 9.53 Å². The van der Waals surface area contributed by atoms with Crippen molar-refractivity contribution in [3.05, 3.63) is 36.3 Å². The van der Waals surface area contributed by atoms with E-state index in [0.29, 0.717) is 27.5 Å². The average molecular weight is 398 g/mol. The van der Waals surface area contributed by atoms with Crippen molar-refractivity contribution in [3.63, 3.8) is 0 Å². The second kappa shape index (κ2) is 7.61. The highest BCUT2D eigenvalue weighted by molar-refractivity contribution is 7.23. The molecule has 0 aliphatic carbocycles. The lowest BCUT2D eigenvalue weighted by Gasteiger charge is -2.33. The molecule has 3 aromatic heterocycles. The molecule has 0 radical (unpaired) electrons. The van der Waals surface area contributed by atoms with Crippen molar-refractivity contribution in [2.45, 2.75) is 18.9 Å². The largest absolute Gasteiger partial charge is 0.495 e. The fourth-order valence-electron chi connectivity index (χ4n) is 3.54. The van der Waals surface area contributed by atoms with Crippen LogP contribution in [0.1, 0.15) is 23.2 Å². The summed E-state index contributed by atoms with van der Waals surface area (Å²) in [6, 6.07) is 3.77. The van der Waals surface area contributed by atoms with Crippen LogP contribution in [0.15, 0.2) is 30.7 Å². The molecule has 0 bridgehead atoms. The lowest BCUT2D eigenvalue weighted by Crippen LogP contribution is -2.43. The second-order valence-electron chi connectivity index (χ2n) is 6.73. The highest BCUT2D eigenvalue weighted by Crippen LogP contribution is 2.38. The Morgan fingerprint density at radius 3 is 3.04 bits per heavy atom. The first-order chi connectivity index (χ1) is 13.6. The van der Waals surface area contributed by atoms with Gasteiger partial charge in [-0.2, -0.15) is 0 Å². The lowest BCUT2D eigenvalue weighted by atomic mass is 10.1. The van der Waals surface area contributed by atoms with Crippen LogP contribution in [0.4, 0.5) is 16.4 Å². The Bertz CT molecular complexity index is 1020. The number of nitrogens with zero attached hydrogens (tertiary/aromatic N) is 3. The van der Waals surface area contributed by atoms with Crippen LogP contribution < -0.4 is 26.4 Å². The Labute approximate surface area is 166 Å². The summed E-state index contributed by atoms with van der Waals surface area (Å²) in [4.78, 5) is 23.8. The first kappa shape index (κ1) is 18.5.